The van der Waals surface area contributed by atoms with E-state index in [0.717, 1.165) is 18.5 Å². The fourth-order valence-electron chi connectivity index (χ4n) is 1.53. The van der Waals surface area contributed by atoms with E-state index >= 15 is 0 Å². The molecule has 0 heterocycles. The van der Waals surface area contributed by atoms with E-state index in [-0.39, 0.29) is 21.8 Å². The SMILES string of the molecule is CC=CC(=O)OCCC[SiH2]CC(OCC)OCC. The van der Waals surface area contributed by atoms with Crippen molar-refractivity contribution in [3.63, 3.8) is 0 Å². The lowest BCUT2D eigenvalue weighted by molar-refractivity contribution is -0.137. The Bertz CT molecular complexity index is 225. The Morgan fingerprint density at radius 3 is 2.50 bits per heavy atom. The van der Waals surface area contributed by atoms with Crippen LogP contribution in [0.2, 0.25) is 12.1 Å². The van der Waals surface area contributed by atoms with E-state index in [0.29, 0.717) is 19.8 Å². The van der Waals surface area contributed by atoms with Crippen molar-refractivity contribution in [2.75, 3.05) is 19.8 Å². The summed E-state index contributed by atoms with van der Waals surface area (Å²) in [6.07, 6.45) is 4.04. The predicted octanol–water partition coefficient (Wildman–Crippen LogP) is 1.90. The summed E-state index contributed by atoms with van der Waals surface area (Å²) in [5.41, 5.74) is 0. The Hall–Kier alpha value is -0.653. The Morgan fingerprint density at radius 1 is 1.28 bits per heavy atom. The highest BCUT2D eigenvalue weighted by Gasteiger charge is 2.07. The molecular weight excluding hydrogens is 248 g/mol. The van der Waals surface area contributed by atoms with Gasteiger partial charge in [0.2, 0.25) is 0 Å². The standard InChI is InChI=1S/C13H26O4Si/c1-4-8-12(14)17-9-7-10-18-11-13(15-5-2)16-6-3/h4,8,13H,5-7,9-11,18H2,1-3H3. The molecule has 0 aliphatic heterocycles. The number of hydrogen-bond donors (Lipinski definition) is 0. The third-order valence-electron chi connectivity index (χ3n) is 2.34. The molecule has 106 valence electrons. The molecule has 0 aromatic rings. The monoisotopic (exact) mass is 274 g/mol. The zero-order valence-electron chi connectivity index (χ0n) is 11.8. The van der Waals surface area contributed by atoms with Crippen LogP contribution in [0.5, 0.6) is 0 Å². The fraction of sp³-hybridized carbons (Fsp3) is 0.769. The van der Waals surface area contributed by atoms with Crippen LogP contribution in [-0.2, 0) is 19.0 Å². The number of allylic oxidation sites excluding steroid dienone is 1. The second-order valence-corrected chi connectivity index (χ2v) is 5.85. The fourth-order valence-corrected chi connectivity index (χ4v) is 3.05. The van der Waals surface area contributed by atoms with Crippen molar-refractivity contribution < 1.29 is 19.0 Å². The number of rotatable bonds is 11. The smallest absolute Gasteiger partial charge is 0.330 e. The molecule has 0 saturated carbocycles. The summed E-state index contributed by atoms with van der Waals surface area (Å²) in [7, 11) is -0.192. The summed E-state index contributed by atoms with van der Waals surface area (Å²) in [6, 6.07) is 2.18. The lowest BCUT2D eigenvalue weighted by atomic mass is 10.5. The van der Waals surface area contributed by atoms with Crippen molar-refractivity contribution in [1.29, 1.82) is 0 Å². The number of carbonyl (C=O) groups excluding carboxylic acids is 1. The van der Waals surface area contributed by atoms with E-state index in [4.69, 9.17) is 14.2 Å². The van der Waals surface area contributed by atoms with Crippen LogP contribution in [0.15, 0.2) is 12.2 Å². The number of esters is 1. The molecule has 0 radical (unpaired) electrons. The Balaban J connectivity index is 3.45. The van der Waals surface area contributed by atoms with Gasteiger partial charge in [-0.15, -0.1) is 0 Å². The molecule has 0 spiro atoms. The summed E-state index contributed by atoms with van der Waals surface area (Å²) in [5, 5.41) is 0. The van der Waals surface area contributed by atoms with Gasteiger partial charge in [-0.1, -0.05) is 12.1 Å². The van der Waals surface area contributed by atoms with Crippen LogP contribution in [0.3, 0.4) is 0 Å². The van der Waals surface area contributed by atoms with Crippen LogP contribution in [0.4, 0.5) is 0 Å². The van der Waals surface area contributed by atoms with Gasteiger partial charge < -0.3 is 14.2 Å². The molecule has 5 heteroatoms. The summed E-state index contributed by atoms with van der Waals surface area (Å²) in [4.78, 5) is 11.0. The molecule has 0 N–H and O–H groups in total. The maximum absolute atomic E-state index is 11.0. The maximum Gasteiger partial charge on any atom is 0.330 e. The molecule has 0 fully saturated rings. The van der Waals surface area contributed by atoms with Crippen LogP contribution < -0.4 is 0 Å². The lowest BCUT2D eigenvalue weighted by Crippen LogP contribution is -2.19. The van der Waals surface area contributed by atoms with E-state index in [1.54, 1.807) is 13.0 Å². The topological polar surface area (TPSA) is 44.8 Å². The zero-order chi connectivity index (χ0) is 13.6. The highest BCUT2D eigenvalue weighted by Crippen LogP contribution is 2.04. The zero-order valence-corrected chi connectivity index (χ0v) is 13.2. The molecule has 0 aromatic heterocycles. The molecule has 18 heavy (non-hydrogen) atoms. The Morgan fingerprint density at radius 2 is 1.94 bits per heavy atom. The van der Waals surface area contributed by atoms with Crippen LogP contribution in [0.25, 0.3) is 0 Å². The van der Waals surface area contributed by atoms with Gasteiger partial charge in [0, 0.05) is 28.8 Å². The quantitative estimate of drug-likeness (QED) is 0.190. The van der Waals surface area contributed by atoms with Crippen molar-refractivity contribution in [2.24, 2.45) is 0 Å². The Kier molecular flexibility index (Phi) is 12.3. The second-order valence-electron chi connectivity index (χ2n) is 3.86. The van der Waals surface area contributed by atoms with Gasteiger partial charge in [0.15, 0.2) is 6.29 Å². The lowest BCUT2D eigenvalue weighted by Gasteiger charge is -2.16. The first kappa shape index (κ1) is 17.3. The van der Waals surface area contributed by atoms with Crippen LogP contribution in [0, 0.1) is 0 Å². The van der Waals surface area contributed by atoms with Crippen molar-refractivity contribution >= 4 is 15.5 Å². The molecule has 0 atom stereocenters. The maximum atomic E-state index is 11.0. The van der Waals surface area contributed by atoms with Gasteiger partial charge in [-0.3, -0.25) is 0 Å². The van der Waals surface area contributed by atoms with E-state index in [1.165, 1.54) is 6.08 Å². The molecular formula is C13H26O4Si. The number of hydrogen-bond acceptors (Lipinski definition) is 4. The highest BCUT2D eigenvalue weighted by atomic mass is 28.2. The average Bonchev–Trinajstić information content (AvgIpc) is 2.34. The summed E-state index contributed by atoms with van der Waals surface area (Å²) in [6.45, 7) is 7.67. The van der Waals surface area contributed by atoms with Gasteiger partial charge in [-0.25, -0.2) is 4.79 Å². The molecule has 0 bridgehead atoms. The minimum absolute atomic E-state index is 0.0303. The normalized spacial score (nSPS) is 12.0. The minimum Gasteiger partial charge on any atom is -0.463 e. The third-order valence-corrected chi connectivity index (χ3v) is 4.22. The Labute approximate surface area is 113 Å². The molecule has 0 saturated heterocycles. The van der Waals surface area contributed by atoms with Gasteiger partial charge in [-0.05, 0) is 33.2 Å². The van der Waals surface area contributed by atoms with E-state index in [1.807, 2.05) is 13.8 Å². The second kappa shape index (κ2) is 12.8. The minimum atomic E-state index is -0.249. The highest BCUT2D eigenvalue weighted by molar-refractivity contribution is 6.35. The van der Waals surface area contributed by atoms with E-state index in [9.17, 15) is 4.79 Å². The first-order valence-corrected chi connectivity index (χ1v) is 8.77. The molecule has 0 rings (SSSR count). The van der Waals surface area contributed by atoms with Gasteiger partial charge in [-0.2, -0.15) is 0 Å². The summed E-state index contributed by atoms with van der Waals surface area (Å²) >= 11 is 0. The molecule has 0 unspecified atom stereocenters. The molecule has 4 nitrogen and oxygen atoms in total. The third kappa shape index (κ3) is 10.5. The molecule has 0 aliphatic rings. The molecule has 0 aromatic carbocycles. The predicted molar refractivity (Wildman–Crippen MR) is 75.6 cm³/mol. The van der Waals surface area contributed by atoms with Gasteiger partial charge in [0.25, 0.3) is 0 Å². The van der Waals surface area contributed by atoms with Gasteiger partial charge in [0.05, 0.1) is 6.61 Å². The molecule has 0 aliphatic carbocycles. The largest absolute Gasteiger partial charge is 0.463 e. The van der Waals surface area contributed by atoms with Crippen LogP contribution in [-0.4, -0.2) is 41.6 Å². The van der Waals surface area contributed by atoms with Gasteiger partial charge >= 0.3 is 5.97 Å². The van der Waals surface area contributed by atoms with Gasteiger partial charge in [0.1, 0.15) is 0 Å². The average molecular weight is 274 g/mol. The van der Waals surface area contributed by atoms with E-state index < -0.39 is 0 Å². The molecule has 0 amide bonds. The summed E-state index contributed by atoms with van der Waals surface area (Å²) in [5.74, 6) is -0.249. The van der Waals surface area contributed by atoms with Crippen LogP contribution in [0.1, 0.15) is 27.2 Å². The summed E-state index contributed by atoms with van der Waals surface area (Å²) < 4.78 is 16.0. The van der Waals surface area contributed by atoms with Crippen molar-refractivity contribution in [3.05, 3.63) is 12.2 Å². The number of ether oxygens (including phenoxy) is 3. The van der Waals surface area contributed by atoms with Crippen molar-refractivity contribution in [2.45, 2.75) is 45.6 Å². The van der Waals surface area contributed by atoms with Crippen molar-refractivity contribution in [3.8, 4) is 0 Å². The first-order chi connectivity index (χ1) is 8.74. The number of carbonyl (C=O) groups is 1. The van der Waals surface area contributed by atoms with E-state index in [2.05, 4.69) is 0 Å². The van der Waals surface area contributed by atoms with Crippen LogP contribution >= 0.6 is 0 Å². The first-order valence-electron chi connectivity index (χ1n) is 6.77. The van der Waals surface area contributed by atoms with Crippen molar-refractivity contribution in [1.82, 2.24) is 0 Å².